The second kappa shape index (κ2) is 6.91. The molecule has 0 unspecified atom stereocenters. The Morgan fingerprint density at radius 3 is 2.41 bits per heavy atom. The van der Waals surface area contributed by atoms with Gasteiger partial charge in [-0.15, -0.1) is 0 Å². The first-order valence-corrected chi connectivity index (χ1v) is 5.81. The number of hydrogen-bond donors (Lipinski definition) is 1. The van der Waals surface area contributed by atoms with Gasteiger partial charge in [0.2, 0.25) is 0 Å². The van der Waals surface area contributed by atoms with Gasteiger partial charge in [-0.05, 0) is 38.0 Å². The molecule has 17 heavy (non-hydrogen) atoms. The smallest absolute Gasteiger partial charge is 0.323 e. The number of benzene rings is 1. The molecule has 0 spiro atoms. The van der Waals surface area contributed by atoms with E-state index in [1.54, 1.807) is 6.92 Å². The number of carbonyl (C=O) groups excluding carboxylic acids is 1. The van der Waals surface area contributed by atoms with Gasteiger partial charge in [-0.2, -0.15) is 0 Å². The molecule has 0 amide bonds. The quantitative estimate of drug-likeness (QED) is 0.762. The Hall–Kier alpha value is -1.55. The molecule has 1 aromatic carbocycles. The molecule has 1 atom stereocenters. The van der Waals surface area contributed by atoms with E-state index in [0.717, 1.165) is 11.3 Å². The molecule has 0 fully saturated rings. The van der Waals surface area contributed by atoms with Gasteiger partial charge in [0.05, 0.1) is 13.2 Å². The summed E-state index contributed by atoms with van der Waals surface area (Å²) >= 11 is 0. The van der Waals surface area contributed by atoms with E-state index in [9.17, 15) is 4.79 Å². The summed E-state index contributed by atoms with van der Waals surface area (Å²) in [6.45, 7) is 4.70. The highest BCUT2D eigenvalue weighted by Gasteiger charge is 2.14. The Labute approximate surface area is 102 Å². The predicted octanol–water partition coefficient (Wildman–Crippen LogP) is 1.52. The normalized spacial score (nSPS) is 11.9. The van der Waals surface area contributed by atoms with E-state index in [0.29, 0.717) is 19.6 Å². The lowest BCUT2D eigenvalue weighted by Gasteiger charge is -2.11. The van der Waals surface area contributed by atoms with Crippen molar-refractivity contribution in [3.05, 3.63) is 29.8 Å². The zero-order valence-electron chi connectivity index (χ0n) is 10.3. The molecule has 0 saturated carbocycles. The van der Waals surface area contributed by atoms with Crippen molar-refractivity contribution in [2.45, 2.75) is 26.3 Å². The standard InChI is InChI=1S/C13H19NO3/c1-3-16-11-7-5-10(6-8-11)9-12(14)13(15)17-4-2/h5-8,12H,3-4,9,14H2,1-2H3/t12-/m0/s1. The van der Waals surface area contributed by atoms with Crippen molar-refractivity contribution in [2.75, 3.05) is 13.2 Å². The first-order valence-electron chi connectivity index (χ1n) is 5.81. The third kappa shape index (κ3) is 4.44. The maximum absolute atomic E-state index is 11.3. The number of nitrogens with two attached hydrogens (primary N) is 1. The van der Waals surface area contributed by atoms with Crippen LogP contribution >= 0.6 is 0 Å². The molecule has 0 aliphatic carbocycles. The molecule has 94 valence electrons. The monoisotopic (exact) mass is 237 g/mol. The maximum atomic E-state index is 11.3. The molecule has 1 rings (SSSR count). The topological polar surface area (TPSA) is 61.5 Å². The number of rotatable bonds is 6. The van der Waals surface area contributed by atoms with Gasteiger partial charge in [0, 0.05) is 0 Å². The van der Waals surface area contributed by atoms with Crippen molar-refractivity contribution in [2.24, 2.45) is 5.73 Å². The number of ether oxygens (including phenoxy) is 2. The zero-order valence-corrected chi connectivity index (χ0v) is 10.3. The van der Waals surface area contributed by atoms with Gasteiger partial charge in [0.1, 0.15) is 11.8 Å². The fourth-order valence-electron chi connectivity index (χ4n) is 1.47. The van der Waals surface area contributed by atoms with Crippen LogP contribution in [-0.4, -0.2) is 25.2 Å². The van der Waals surface area contributed by atoms with Crippen molar-refractivity contribution in [1.82, 2.24) is 0 Å². The Bertz CT molecular complexity index is 348. The highest BCUT2D eigenvalue weighted by molar-refractivity contribution is 5.75. The van der Waals surface area contributed by atoms with Crippen molar-refractivity contribution < 1.29 is 14.3 Å². The Morgan fingerprint density at radius 2 is 1.88 bits per heavy atom. The molecular weight excluding hydrogens is 218 g/mol. The van der Waals surface area contributed by atoms with Crippen LogP contribution in [0.15, 0.2) is 24.3 Å². The molecule has 0 heterocycles. The van der Waals surface area contributed by atoms with Gasteiger partial charge in [-0.3, -0.25) is 4.79 Å². The van der Waals surface area contributed by atoms with E-state index >= 15 is 0 Å². The molecule has 0 aromatic heterocycles. The molecule has 0 radical (unpaired) electrons. The van der Waals surface area contributed by atoms with Crippen LogP contribution in [0, 0.1) is 0 Å². The van der Waals surface area contributed by atoms with Crippen molar-refractivity contribution in [3.63, 3.8) is 0 Å². The highest BCUT2D eigenvalue weighted by Crippen LogP contribution is 2.13. The second-order valence-corrected chi connectivity index (χ2v) is 3.64. The molecule has 2 N–H and O–H groups in total. The summed E-state index contributed by atoms with van der Waals surface area (Å²) in [5, 5.41) is 0. The molecule has 0 saturated heterocycles. The summed E-state index contributed by atoms with van der Waals surface area (Å²) in [7, 11) is 0. The van der Waals surface area contributed by atoms with Crippen LogP contribution in [0.3, 0.4) is 0 Å². The molecule has 0 aliphatic heterocycles. The van der Waals surface area contributed by atoms with E-state index in [2.05, 4.69) is 0 Å². The van der Waals surface area contributed by atoms with Gasteiger partial charge in [0.15, 0.2) is 0 Å². The van der Waals surface area contributed by atoms with Crippen LogP contribution in [0.2, 0.25) is 0 Å². The highest BCUT2D eigenvalue weighted by atomic mass is 16.5. The summed E-state index contributed by atoms with van der Waals surface area (Å²) in [6.07, 6.45) is 0.477. The SMILES string of the molecule is CCOC(=O)[C@@H](N)Cc1ccc(OCC)cc1. The van der Waals surface area contributed by atoms with Crippen LogP contribution in [0.25, 0.3) is 0 Å². The maximum Gasteiger partial charge on any atom is 0.323 e. The largest absolute Gasteiger partial charge is 0.494 e. The predicted molar refractivity (Wildman–Crippen MR) is 65.9 cm³/mol. The molecule has 4 heteroatoms. The Kier molecular flexibility index (Phi) is 5.49. The fraction of sp³-hybridized carbons (Fsp3) is 0.462. The lowest BCUT2D eigenvalue weighted by atomic mass is 10.1. The molecule has 4 nitrogen and oxygen atoms in total. The minimum absolute atomic E-state index is 0.357. The number of carbonyl (C=O) groups is 1. The second-order valence-electron chi connectivity index (χ2n) is 3.64. The first kappa shape index (κ1) is 13.5. The summed E-state index contributed by atoms with van der Waals surface area (Å²) in [5.74, 6) is 0.461. The lowest BCUT2D eigenvalue weighted by Crippen LogP contribution is -2.34. The van der Waals surface area contributed by atoms with Gasteiger partial charge in [0.25, 0.3) is 0 Å². The van der Waals surface area contributed by atoms with Crippen LogP contribution in [0.1, 0.15) is 19.4 Å². The molecule has 1 aromatic rings. The van der Waals surface area contributed by atoms with E-state index in [-0.39, 0.29) is 5.97 Å². The zero-order chi connectivity index (χ0) is 12.7. The van der Waals surface area contributed by atoms with E-state index in [1.165, 1.54) is 0 Å². The van der Waals surface area contributed by atoms with Gasteiger partial charge >= 0.3 is 5.97 Å². The fourth-order valence-corrected chi connectivity index (χ4v) is 1.47. The van der Waals surface area contributed by atoms with Crippen molar-refractivity contribution >= 4 is 5.97 Å². The van der Waals surface area contributed by atoms with Crippen molar-refractivity contribution in [1.29, 1.82) is 0 Å². The minimum Gasteiger partial charge on any atom is -0.494 e. The van der Waals surface area contributed by atoms with Gasteiger partial charge in [-0.25, -0.2) is 0 Å². The van der Waals surface area contributed by atoms with Crippen LogP contribution in [-0.2, 0) is 16.0 Å². The van der Waals surface area contributed by atoms with E-state index in [4.69, 9.17) is 15.2 Å². The van der Waals surface area contributed by atoms with Crippen LogP contribution < -0.4 is 10.5 Å². The Balaban J connectivity index is 2.53. The minimum atomic E-state index is -0.604. The van der Waals surface area contributed by atoms with Gasteiger partial charge in [-0.1, -0.05) is 12.1 Å². The molecular formula is C13H19NO3. The third-order valence-electron chi connectivity index (χ3n) is 2.28. The summed E-state index contributed by atoms with van der Waals surface area (Å²) in [5.41, 5.74) is 6.72. The molecule has 0 aliphatic rings. The number of hydrogen-bond acceptors (Lipinski definition) is 4. The number of esters is 1. The Morgan fingerprint density at radius 1 is 1.24 bits per heavy atom. The van der Waals surface area contributed by atoms with E-state index in [1.807, 2.05) is 31.2 Å². The average molecular weight is 237 g/mol. The average Bonchev–Trinajstić information content (AvgIpc) is 2.32. The van der Waals surface area contributed by atoms with Crippen LogP contribution in [0.4, 0.5) is 0 Å². The summed E-state index contributed by atoms with van der Waals surface area (Å²) in [6, 6.07) is 6.95. The summed E-state index contributed by atoms with van der Waals surface area (Å²) < 4.78 is 10.2. The molecule has 0 bridgehead atoms. The summed E-state index contributed by atoms with van der Waals surface area (Å²) in [4.78, 5) is 11.3. The lowest BCUT2D eigenvalue weighted by molar-refractivity contribution is -0.144. The van der Waals surface area contributed by atoms with Gasteiger partial charge < -0.3 is 15.2 Å². The third-order valence-corrected chi connectivity index (χ3v) is 2.28. The first-order chi connectivity index (χ1) is 8.17. The van der Waals surface area contributed by atoms with E-state index < -0.39 is 6.04 Å². The van der Waals surface area contributed by atoms with Crippen molar-refractivity contribution in [3.8, 4) is 5.75 Å². The van der Waals surface area contributed by atoms with Crippen LogP contribution in [0.5, 0.6) is 5.75 Å².